The summed E-state index contributed by atoms with van der Waals surface area (Å²) >= 11 is 7.20. The van der Waals surface area contributed by atoms with Crippen LogP contribution in [0.25, 0.3) is 16.0 Å². The van der Waals surface area contributed by atoms with Gasteiger partial charge in [-0.3, -0.25) is 24.6 Å². The predicted molar refractivity (Wildman–Crippen MR) is 134 cm³/mol. The Bertz CT molecular complexity index is 1540. The number of nitro benzene ring substituents is 1. The van der Waals surface area contributed by atoms with Crippen LogP contribution in [0.2, 0.25) is 5.02 Å². The number of nitrogens with zero attached hydrogens (tertiary/aromatic N) is 3. The van der Waals surface area contributed by atoms with Gasteiger partial charge in [0.15, 0.2) is 5.13 Å². The maximum Gasteiger partial charge on any atom is 0.301 e. The van der Waals surface area contributed by atoms with E-state index in [1.165, 1.54) is 40.5 Å². The van der Waals surface area contributed by atoms with E-state index in [9.17, 15) is 24.8 Å². The summed E-state index contributed by atoms with van der Waals surface area (Å²) in [5.41, 5.74) is 2.13. The molecule has 0 saturated carbocycles. The number of anilines is 1. The van der Waals surface area contributed by atoms with Crippen molar-refractivity contribution < 1.29 is 19.6 Å². The molecule has 4 aromatic rings. The second-order valence-electron chi connectivity index (χ2n) is 7.99. The summed E-state index contributed by atoms with van der Waals surface area (Å²) in [6.07, 6.45) is 0. The van der Waals surface area contributed by atoms with Crippen molar-refractivity contribution in [3.63, 3.8) is 0 Å². The number of Topliss-reactive ketones (excluding diaryl/α,β-unsaturated/α-hetero) is 1. The van der Waals surface area contributed by atoms with Gasteiger partial charge in [-0.25, -0.2) is 4.98 Å². The molecule has 0 spiro atoms. The third-order valence-electron chi connectivity index (χ3n) is 5.72. The molecule has 0 bridgehead atoms. The Morgan fingerprint density at radius 3 is 2.43 bits per heavy atom. The zero-order valence-electron chi connectivity index (χ0n) is 18.1. The maximum atomic E-state index is 13.3. The van der Waals surface area contributed by atoms with Crippen molar-refractivity contribution in [2.24, 2.45) is 0 Å². The Morgan fingerprint density at radius 1 is 1.09 bits per heavy atom. The topological polar surface area (TPSA) is 114 Å². The molecule has 5 rings (SSSR count). The molecule has 10 heteroatoms. The number of nitro groups is 1. The number of benzene rings is 3. The molecule has 1 aliphatic heterocycles. The highest BCUT2D eigenvalue weighted by atomic mass is 35.5. The van der Waals surface area contributed by atoms with E-state index in [2.05, 4.69) is 4.98 Å². The number of hydrogen-bond acceptors (Lipinski definition) is 7. The fraction of sp³-hybridized carbons (Fsp3) is 0.0800. The van der Waals surface area contributed by atoms with Crippen LogP contribution in [0.5, 0.6) is 0 Å². The molecule has 0 radical (unpaired) electrons. The van der Waals surface area contributed by atoms with Crippen molar-refractivity contribution in [3.05, 3.63) is 104 Å². The minimum atomic E-state index is -1.03. The van der Waals surface area contributed by atoms with Gasteiger partial charge in [0.1, 0.15) is 5.76 Å². The van der Waals surface area contributed by atoms with E-state index in [-0.39, 0.29) is 22.2 Å². The summed E-state index contributed by atoms with van der Waals surface area (Å²) in [5, 5.41) is 23.0. The molecule has 0 aliphatic carbocycles. The molecule has 1 amide bonds. The van der Waals surface area contributed by atoms with Gasteiger partial charge in [0.2, 0.25) is 0 Å². The molecule has 1 fully saturated rings. The van der Waals surface area contributed by atoms with Gasteiger partial charge in [-0.15, -0.1) is 0 Å². The van der Waals surface area contributed by atoms with Gasteiger partial charge in [-0.2, -0.15) is 0 Å². The van der Waals surface area contributed by atoms with Gasteiger partial charge in [-0.05, 0) is 66.6 Å². The lowest BCUT2D eigenvalue weighted by Gasteiger charge is -2.22. The van der Waals surface area contributed by atoms with Crippen molar-refractivity contribution in [1.82, 2.24) is 4.98 Å². The number of carbonyl (C=O) groups excluding carboxylic acids is 2. The number of thiazole rings is 1. The van der Waals surface area contributed by atoms with Crippen molar-refractivity contribution in [2.75, 3.05) is 4.90 Å². The fourth-order valence-corrected chi connectivity index (χ4v) is 5.23. The van der Waals surface area contributed by atoms with Crippen molar-refractivity contribution in [3.8, 4) is 0 Å². The van der Waals surface area contributed by atoms with Crippen molar-refractivity contribution in [1.29, 1.82) is 0 Å². The molecule has 1 atom stereocenters. The van der Waals surface area contributed by atoms with Crippen LogP contribution in [0.1, 0.15) is 22.7 Å². The number of carbonyl (C=O) groups is 2. The first kappa shape index (κ1) is 22.7. The van der Waals surface area contributed by atoms with E-state index < -0.39 is 22.7 Å². The van der Waals surface area contributed by atoms with Gasteiger partial charge in [0, 0.05) is 22.7 Å². The summed E-state index contributed by atoms with van der Waals surface area (Å²) in [7, 11) is 0. The van der Waals surface area contributed by atoms with Crippen molar-refractivity contribution >= 4 is 61.4 Å². The lowest BCUT2D eigenvalue weighted by Crippen LogP contribution is -2.29. The largest absolute Gasteiger partial charge is 0.507 e. The van der Waals surface area contributed by atoms with Gasteiger partial charge < -0.3 is 5.11 Å². The first-order chi connectivity index (χ1) is 16.7. The lowest BCUT2D eigenvalue weighted by atomic mass is 9.95. The molecular weight excluding hydrogens is 490 g/mol. The van der Waals surface area contributed by atoms with Crippen LogP contribution in [-0.2, 0) is 9.59 Å². The van der Waals surface area contributed by atoms with Gasteiger partial charge in [0.25, 0.3) is 11.5 Å². The van der Waals surface area contributed by atoms with Gasteiger partial charge >= 0.3 is 5.91 Å². The summed E-state index contributed by atoms with van der Waals surface area (Å²) in [5.74, 6) is -2.10. The molecule has 1 unspecified atom stereocenters. The van der Waals surface area contributed by atoms with Crippen LogP contribution in [0.15, 0.2) is 72.3 Å². The second kappa shape index (κ2) is 8.61. The minimum Gasteiger partial charge on any atom is -0.507 e. The summed E-state index contributed by atoms with van der Waals surface area (Å²) < 4.78 is 0.835. The fourth-order valence-electron chi connectivity index (χ4n) is 4.01. The van der Waals surface area contributed by atoms with Crippen LogP contribution < -0.4 is 4.90 Å². The third kappa shape index (κ3) is 3.94. The standard InChI is InChI=1S/C25H16ClN3O5S/c1-13-2-11-18-19(12-13)35-25(27-18)28-21(14-5-9-17(10-6-14)29(33)34)20(23(31)24(28)32)22(30)15-3-7-16(26)8-4-15/h2-12,21,30H,1H3/b22-20+. The monoisotopic (exact) mass is 505 g/mol. The van der Waals surface area contributed by atoms with Crippen LogP contribution in [-0.4, -0.2) is 26.7 Å². The molecule has 1 N–H and O–H groups in total. The number of hydrogen-bond donors (Lipinski definition) is 1. The van der Waals surface area contributed by atoms with Gasteiger partial charge in [0.05, 0.1) is 26.8 Å². The number of halogens is 1. The number of ketones is 1. The van der Waals surface area contributed by atoms with E-state index in [1.54, 1.807) is 24.3 Å². The maximum absolute atomic E-state index is 13.3. The van der Waals surface area contributed by atoms with Crippen LogP contribution in [0.3, 0.4) is 0 Å². The van der Waals surface area contributed by atoms with Crippen LogP contribution in [0, 0.1) is 17.0 Å². The number of amides is 1. The number of aromatic nitrogens is 1. The van der Waals surface area contributed by atoms with Crippen LogP contribution >= 0.6 is 22.9 Å². The quantitative estimate of drug-likeness (QED) is 0.123. The Hall–Kier alpha value is -4.08. The highest BCUT2D eigenvalue weighted by Gasteiger charge is 2.48. The van der Waals surface area contributed by atoms with Crippen molar-refractivity contribution in [2.45, 2.75) is 13.0 Å². The number of non-ortho nitro benzene ring substituents is 1. The Balaban J connectivity index is 1.72. The second-order valence-corrected chi connectivity index (χ2v) is 9.44. The first-order valence-electron chi connectivity index (χ1n) is 10.4. The number of fused-ring (bicyclic) bond motifs is 1. The highest BCUT2D eigenvalue weighted by Crippen LogP contribution is 2.44. The smallest absolute Gasteiger partial charge is 0.301 e. The van der Waals surface area contributed by atoms with E-state index >= 15 is 0 Å². The van der Waals surface area contributed by atoms with E-state index in [1.807, 2.05) is 25.1 Å². The lowest BCUT2D eigenvalue weighted by molar-refractivity contribution is -0.384. The minimum absolute atomic E-state index is 0.137. The van der Waals surface area contributed by atoms with E-state index in [0.717, 1.165) is 10.3 Å². The number of aliphatic hydroxyl groups is 1. The predicted octanol–water partition coefficient (Wildman–Crippen LogP) is 5.79. The molecular formula is C25H16ClN3O5S. The van der Waals surface area contributed by atoms with Crippen LogP contribution in [0.4, 0.5) is 10.8 Å². The molecule has 8 nitrogen and oxygen atoms in total. The Morgan fingerprint density at radius 2 is 1.77 bits per heavy atom. The normalized spacial score (nSPS) is 17.3. The third-order valence-corrected chi connectivity index (χ3v) is 6.99. The number of rotatable bonds is 4. The summed E-state index contributed by atoms with van der Waals surface area (Å²) in [6, 6.07) is 16.3. The molecule has 174 valence electrons. The van der Waals surface area contributed by atoms with E-state index in [4.69, 9.17) is 11.6 Å². The number of aryl methyl sites for hydroxylation is 1. The molecule has 1 saturated heterocycles. The Kier molecular flexibility index (Phi) is 5.58. The zero-order valence-corrected chi connectivity index (χ0v) is 19.7. The molecule has 1 aliphatic rings. The zero-order chi connectivity index (χ0) is 24.9. The highest BCUT2D eigenvalue weighted by molar-refractivity contribution is 7.22. The summed E-state index contributed by atoms with van der Waals surface area (Å²) in [6.45, 7) is 1.94. The SMILES string of the molecule is Cc1ccc2nc(N3C(=O)C(=O)/C(=C(/O)c4ccc(Cl)cc4)C3c3ccc([N+](=O)[O-])cc3)sc2c1. The van der Waals surface area contributed by atoms with E-state index in [0.29, 0.717) is 21.7 Å². The number of aliphatic hydroxyl groups excluding tert-OH is 1. The first-order valence-corrected chi connectivity index (χ1v) is 11.6. The average Bonchev–Trinajstić information content (AvgIpc) is 3.37. The summed E-state index contributed by atoms with van der Waals surface area (Å²) in [4.78, 5) is 42.9. The Labute approximate surface area is 207 Å². The molecule has 3 aromatic carbocycles. The molecule has 35 heavy (non-hydrogen) atoms. The van der Waals surface area contributed by atoms with Gasteiger partial charge in [-0.1, -0.05) is 29.0 Å². The molecule has 1 aromatic heterocycles. The molecule has 2 heterocycles. The average molecular weight is 506 g/mol.